The van der Waals surface area contributed by atoms with Gasteiger partial charge in [0.25, 0.3) is 0 Å². The predicted molar refractivity (Wildman–Crippen MR) is 71.9 cm³/mol. The number of rotatable bonds is 6. The number of nitrogens with one attached hydrogen (secondary N) is 1. The summed E-state index contributed by atoms with van der Waals surface area (Å²) >= 11 is 3.37. The molecule has 0 saturated carbocycles. The largest absolute Gasteiger partial charge is 0.480 e. The molecule has 0 aliphatic heterocycles. The molecule has 17 heavy (non-hydrogen) atoms. The van der Waals surface area contributed by atoms with Gasteiger partial charge in [-0.2, -0.15) is 0 Å². The quantitative estimate of drug-likeness (QED) is 0.849. The highest BCUT2D eigenvalue weighted by Crippen LogP contribution is 2.11. The van der Waals surface area contributed by atoms with Crippen LogP contribution in [0.25, 0.3) is 0 Å². The van der Waals surface area contributed by atoms with E-state index in [-0.39, 0.29) is 0 Å². The molecular formula is C13H18BrNO2. The van der Waals surface area contributed by atoms with Gasteiger partial charge in [-0.1, -0.05) is 41.9 Å². The molecule has 0 aliphatic carbocycles. The summed E-state index contributed by atoms with van der Waals surface area (Å²) in [5.41, 5.74) is 1.09. The van der Waals surface area contributed by atoms with Gasteiger partial charge < -0.3 is 10.4 Å². The molecule has 0 radical (unpaired) electrons. The Morgan fingerprint density at radius 2 is 1.94 bits per heavy atom. The molecule has 0 saturated heterocycles. The van der Waals surface area contributed by atoms with E-state index in [4.69, 9.17) is 5.11 Å². The Kier molecular flexibility index (Phi) is 5.65. The third-order valence-corrected chi connectivity index (χ3v) is 3.00. The normalized spacial score (nSPS) is 12.7. The van der Waals surface area contributed by atoms with Crippen LogP contribution >= 0.6 is 15.9 Å². The molecular weight excluding hydrogens is 282 g/mol. The third-order valence-electron chi connectivity index (χ3n) is 2.47. The Morgan fingerprint density at radius 1 is 1.35 bits per heavy atom. The lowest BCUT2D eigenvalue weighted by Gasteiger charge is -2.16. The Balaban J connectivity index is 2.51. The van der Waals surface area contributed by atoms with Crippen molar-refractivity contribution in [2.45, 2.75) is 32.9 Å². The van der Waals surface area contributed by atoms with Gasteiger partial charge >= 0.3 is 5.97 Å². The van der Waals surface area contributed by atoms with Crippen molar-refractivity contribution >= 4 is 21.9 Å². The van der Waals surface area contributed by atoms with Gasteiger partial charge in [0.1, 0.15) is 6.04 Å². The number of carbonyl (C=O) groups is 1. The molecule has 94 valence electrons. The van der Waals surface area contributed by atoms with Crippen LogP contribution in [0.2, 0.25) is 0 Å². The van der Waals surface area contributed by atoms with E-state index >= 15 is 0 Å². The van der Waals surface area contributed by atoms with Crippen LogP contribution in [0.4, 0.5) is 0 Å². The average Bonchev–Trinajstić information content (AvgIpc) is 2.25. The highest BCUT2D eigenvalue weighted by molar-refractivity contribution is 9.10. The molecule has 1 aromatic carbocycles. The lowest BCUT2D eigenvalue weighted by Crippen LogP contribution is -2.37. The van der Waals surface area contributed by atoms with Crippen molar-refractivity contribution in [2.24, 2.45) is 5.92 Å². The number of carboxylic acid groups (broad SMARTS) is 1. The number of hydrogen-bond acceptors (Lipinski definition) is 2. The molecule has 1 rings (SSSR count). The highest BCUT2D eigenvalue weighted by atomic mass is 79.9. The summed E-state index contributed by atoms with van der Waals surface area (Å²) in [5, 5.41) is 12.1. The summed E-state index contributed by atoms with van der Waals surface area (Å²) in [6.07, 6.45) is 0.645. The minimum absolute atomic E-state index is 0.369. The van der Waals surface area contributed by atoms with Crippen LogP contribution in [0.3, 0.4) is 0 Å². The third kappa shape index (κ3) is 5.33. The first-order valence-electron chi connectivity index (χ1n) is 5.69. The van der Waals surface area contributed by atoms with Crippen LogP contribution in [0.15, 0.2) is 28.7 Å². The Hall–Kier alpha value is -0.870. The Bertz CT molecular complexity index is 362. The first-order chi connectivity index (χ1) is 7.99. The molecule has 1 unspecified atom stereocenters. The fourth-order valence-corrected chi connectivity index (χ4v) is 1.85. The van der Waals surface area contributed by atoms with Crippen LogP contribution in [-0.2, 0) is 11.3 Å². The molecule has 1 atom stereocenters. The molecule has 0 heterocycles. The first kappa shape index (κ1) is 14.2. The second kappa shape index (κ2) is 6.77. The van der Waals surface area contributed by atoms with Crippen molar-refractivity contribution < 1.29 is 9.90 Å². The monoisotopic (exact) mass is 299 g/mol. The maximum Gasteiger partial charge on any atom is 0.320 e. The van der Waals surface area contributed by atoms with Crippen LogP contribution in [0.5, 0.6) is 0 Å². The van der Waals surface area contributed by atoms with Crippen molar-refractivity contribution in [3.8, 4) is 0 Å². The van der Waals surface area contributed by atoms with Gasteiger partial charge in [0.2, 0.25) is 0 Å². The van der Waals surface area contributed by atoms with E-state index in [9.17, 15) is 4.79 Å². The van der Waals surface area contributed by atoms with Gasteiger partial charge in [0, 0.05) is 11.0 Å². The van der Waals surface area contributed by atoms with Gasteiger partial charge in [-0.05, 0) is 30.0 Å². The zero-order valence-electron chi connectivity index (χ0n) is 10.1. The van der Waals surface area contributed by atoms with Crippen molar-refractivity contribution in [2.75, 3.05) is 0 Å². The number of hydrogen-bond donors (Lipinski definition) is 2. The Morgan fingerprint density at radius 3 is 2.41 bits per heavy atom. The fourth-order valence-electron chi connectivity index (χ4n) is 1.59. The van der Waals surface area contributed by atoms with E-state index in [1.54, 1.807) is 0 Å². The van der Waals surface area contributed by atoms with E-state index in [1.807, 2.05) is 38.1 Å². The van der Waals surface area contributed by atoms with E-state index in [1.165, 1.54) is 0 Å². The number of benzene rings is 1. The lowest BCUT2D eigenvalue weighted by molar-refractivity contribution is -0.140. The van der Waals surface area contributed by atoms with E-state index in [0.717, 1.165) is 10.0 Å². The van der Waals surface area contributed by atoms with Gasteiger partial charge in [-0.25, -0.2) is 0 Å². The molecule has 0 aromatic heterocycles. The topological polar surface area (TPSA) is 49.3 Å². The van der Waals surface area contributed by atoms with E-state index < -0.39 is 12.0 Å². The van der Waals surface area contributed by atoms with Crippen LogP contribution < -0.4 is 5.32 Å². The molecule has 0 bridgehead atoms. The maximum atomic E-state index is 11.0. The van der Waals surface area contributed by atoms with Crippen LogP contribution in [0, 0.1) is 5.92 Å². The predicted octanol–water partition coefficient (Wildman–Crippen LogP) is 3.04. The molecule has 4 heteroatoms. The number of aliphatic carboxylic acids is 1. The molecule has 0 amide bonds. The second-order valence-corrected chi connectivity index (χ2v) is 5.44. The zero-order valence-corrected chi connectivity index (χ0v) is 11.7. The summed E-state index contributed by atoms with van der Waals surface area (Å²) in [6, 6.07) is 7.39. The summed E-state index contributed by atoms with van der Waals surface area (Å²) in [7, 11) is 0. The van der Waals surface area contributed by atoms with Crippen molar-refractivity contribution in [3.63, 3.8) is 0 Å². The van der Waals surface area contributed by atoms with Gasteiger partial charge in [-0.3, -0.25) is 4.79 Å². The minimum atomic E-state index is -0.782. The highest BCUT2D eigenvalue weighted by Gasteiger charge is 2.17. The molecule has 0 aliphatic rings. The number of carboxylic acids is 1. The SMILES string of the molecule is CC(C)CC(NCc1ccc(Br)cc1)C(=O)O. The van der Waals surface area contributed by atoms with Gasteiger partial charge in [0.15, 0.2) is 0 Å². The minimum Gasteiger partial charge on any atom is -0.480 e. The fraction of sp³-hybridized carbons (Fsp3) is 0.462. The summed E-state index contributed by atoms with van der Waals surface area (Å²) in [4.78, 5) is 11.0. The number of halogens is 1. The maximum absolute atomic E-state index is 11.0. The zero-order chi connectivity index (χ0) is 12.8. The summed E-state index contributed by atoms with van der Waals surface area (Å²) in [5.74, 6) is -0.413. The van der Waals surface area contributed by atoms with Gasteiger partial charge in [-0.15, -0.1) is 0 Å². The summed E-state index contributed by atoms with van der Waals surface area (Å²) < 4.78 is 1.03. The van der Waals surface area contributed by atoms with Crippen LogP contribution in [0.1, 0.15) is 25.8 Å². The van der Waals surface area contributed by atoms with E-state index in [0.29, 0.717) is 18.9 Å². The summed E-state index contributed by atoms with van der Waals surface area (Å²) in [6.45, 7) is 4.63. The van der Waals surface area contributed by atoms with Crippen molar-refractivity contribution in [3.05, 3.63) is 34.3 Å². The molecule has 0 spiro atoms. The van der Waals surface area contributed by atoms with Crippen LogP contribution in [-0.4, -0.2) is 17.1 Å². The smallest absolute Gasteiger partial charge is 0.320 e. The lowest BCUT2D eigenvalue weighted by atomic mass is 10.0. The average molecular weight is 300 g/mol. The molecule has 2 N–H and O–H groups in total. The van der Waals surface area contributed by atoms with Crippen molar-refractivity contribution in [1.82, 2.24) is 5.32 Å². The Labute approximate surface area is 110 Å². The van der Waals surface area contributed by atoms with Crippen molar-refractivity contribution in [1.29, 1.82) is 0 Å². The molecule has 0 fully saturated rings. The van der Waals surface area contributed by atoms with E-state index in [2.05, 4.69) is 21.2 Å². The standard InChI is InChI=1S/C13H18BrNO2/c1-9(2)7-12(13(16)17)15-8-10-3-5-11(14)6-4-10/h3-6,9,12,15H,7-8H2,1-2H3,(H,16,17). The second-order valence-electron chi connectivity index (χ2n) is 4.53. The molecule has 3 nitrogen and oxygen atoms in total. The first-order valence-corrected chi connectivity index (χ1v) is 6.49. The van der Waals surface area contributed by atoms with Gasteiger partial charge in [0.05, 0.1) is 0 Å². The molecule has 1 aromatic rings.